The van der Waals surface area contributed by atoms with Gasteiger partial charge in [-0.05, 0) is 87.3 Å². The Morgan fingerprint density at radius 2 is 1.93 bits per heavy atom. The summed E-state index contributed by atoms with van der Waals surface area (Å²) in [5.74, 6) is 0.585. The lowest BCUT2D eigenvalue weighted by atomic mass is 9.72. The molecule has 232 valence electrons. The number of aromatic nitrogens is 4. The van der Waals surface area contributed by atoms with Crippen LogP contribution >= 0.6 is 0 Å². The van der Waals surface area contributed by atoms with E-state index < -0.39 is 5.41 Å². The Bertz CT molecular complexity index is 1530. The molecule has 0 spiro atoms. The molecule has 44 heavy (non-hydrogen) atoms. The second-order valence-corrected chi connectivity index (χ2v) is 12.4. The second-order valence-electron chi connectivity index (χ2n) is 12.4. The van der Waals surface area contributed by atoms with Crippen LogP contribution in [0.1, 0.15) is 80.1 Å². The Hall–Kier alpha value is -4.04. The van der Waals surface area contributed by atoms with Crippen molar-refractivity contribution in [1.82, 2.24) is 24.9 Å². The number of ether oxygens (including phenoxy) is 2. The van der Waals surface area contributed by atoms with Gasteiger partial charge in [-0.15, -0.1) is 5.10 Å². The Morgan fingerprint density at radius 3 is 2.68 bits per heavy atom. The average molecular weight is 596 g/mol. The maximum absolute atomic E-state index is 13.7. The summed E-state index contributed by atoms with van der Waals surface area (Å²) in [5.41, 5.74) is 5.71. The van der Waals surface area contributed by atoms with Crippen LogP contribution in [0.3, 0.4) is 0 Å². The summed E-state index contributed by atoms with van der Waals surface area (Å²) in [5, 5.41) is 8.61. The molecule has 2 unspecified atom stereocenters. The maximum Gasteiger partial charge on any atom is 0.312 e. The van der Waals surface area contributed by atoms with E-state index in [1.54, 1.807) is 0 Å². The van der Waals surface area contributed by atoms with Crippen LogP contribution in [0.5, 0.6) is 5.75 Å². The van der Waals surface area contributed by atoms with Crippen molar-refractivity contribution in [2.45, 2.75) is 92.1 Å². The molecule has 3 heterocycles. The van der Waals surface area contributed by atoms with Crippen LogP contribution in [0.15, 0.2) is 73.1 Å². The summed E-state index contributed by atoms with van der Waals surface area (Å²) >= 11 is 0. The van der Waals surface area contributed by atoms with Gasteiger partial charge in [-0.25, -0.2) is 0 Å². The van der Waals surface area contributed by atoms with Gasteiger partial charge < -0.3 is 9.47 Å². The Morgan fingerprint density at radius 1 is 1.11 bits per heavy atom. The fourth-order valence-corrected chi connectivity index (χ4v) is 5.98. The van der Waals surface area contributed by atoms with Crippen molar-refractivity contribution in [2.75, 3.05) is 6.54 Å². The van der Waals surface area contributed by atoms with E-state index >= 15 is 0 Å². The average Bonchev–Trinajstić information content (AvgIpc) is 3.42. The first-order valence-electron chi connectivity index (χ1n) is 15.8. The van der Waals surface area contributed by atoms with Gasteiger partial charge in [0.1, 0.15) is 18.5 Å². The number of esters is 1. The standard InChI is InChI=1S/C36H45N5O3/c1-6-31-23-40(24-33-34(44-31)14-11-19-37-33)21-29-20-28(16-15-26(29)3)32(18-17-30-22-41(7-2)39-38-30)36(4,5)35(42)43-25-27-12-9-8-10-13-27/h8-16,19-20,22,31-32H,6-7,17-18,21,23-25H2,1-5H3. The molecule has 0 bridgehead atoms. The highest BCUT2D eigenvalue weighted by atomic mass is 16.5. The lowest BCUT2D eigenvalue weighted by molar-refractivity contribution is -0.156. The molecule has 4 aromatic rings. The summed E-state index contributed by atoms with van der Waals surface area (Å²) in [4.78, 5) is 20.8. The van der Waals surface area contributed by atoms with E-state index in [1.165, 1.54) is 11.1 Å². The van der Waals surface area contributed by atoms with Gasteiger partial charge in [-0.3, -0.25) is 19.4 Å². The van der Waals surface area contributed by atoms with Gasteiger partial charge in [0, 0.05) is 38.6 Å². The largest absolute Gasteiger partial charge is 0.487 e. The predicted molar refractivity (Wildman–Crippen MR) is 171 cm³/mol. The molecule has 8 nitrogen and oxygen atoms in total. The van der Waals surface area contributed by atoms with E-state index in [9.17, 15) is 4.79 Å². The van der Waals surface area contributed by atoms with E-state index in [1.807, 2.05) is 73.4 Å². The first-order chi connectivity index (χ1) is 21.3. The van der Waals surface area contributed by atoms with Crippen molar-refractivity contribution in [3.8, 4) is 5.75 Å². The fourth-order valence-electron chi connectivity index (χ4n) is 5.98. The van der Waals surface area contributed by atoms with Gasteiger partial charge in [0.2, 0.25) is 0 Å². The number of pyridine rings is 1. The topological polar surface area (TPSA) is 82.4 Å². The first kappa shape index (κ1) is 31.4. The Balaban J connectivity index is 1.41. The molecule has 2 atom stereocenters. The van der Waals surface area contributed by atoms with Crippen molar-refractivity contribution in [2.24, 2.45) is 5.41 Å². The third-order valence-corrected chi connectivity index (χ3v) is 8.81. The van der Waals surface area contributed by atoms with E-state index in [0.29, 0.717) is 6.42 Å². The monoisotopic (exact) mass is 595 g/mol. The molecule has 0 saturated heterocycles. The second kappa shape index (κ2) is 14.2. The summed E-state index contributed by atoms with van der Waals surface area (Å²) in [6.45, 7) is 13.7. The molecule has 0 fully saturated rings. The number of fused-ring (bicyclic) bond motifs is 1. The number of aryl methyl sites for hydroxylation is 3. The van der Waals surface area contributed by atoms with Crippen LogP contribution < -0.4 is 4.74 Å². The van der Waals surface area contributed by atoms with Crippen molar-refractivity contribution in [3.63, 3.8) is 0 Å². The zero-order valence-corrected chi connectivity index (χ0v) is 26.7. The number of rotatable bonds is 12. The number of carbonyl (C=O) groups is 1. The van der Waals surface area contributed by atoms with Gasteiger partial charge in [0.15, 0.2) is 0 Å². The highest BCUT2D eigenvalue weighted by Gasteiger charge is 2.39. The van der Waals surface area contributed by atoms with Crippen LogP contribution in [0.2, 0.25) is 0 Å². The van der Waals surface area contributed by atoms with E-state index in [2.05, 4.69) is 59.2 Å². The minimum Gasteiger partial charge on any atom is -0.487 e. The highest BCUT2D eigenvalue weighted by Crippen LogP contribution is 2.41. The highest BCUT2D eigenvalue weighted by molar-refractivity contribution is 5.77. The quantitative estimate of drug-likeness (QED) is 0.169. The molecule has 0 saturated carbocycles. The Labute approximate surface area is 261 Å². The molecule has 0 amide bonds. The first-order valence-corrected chi connectivity index (χ1v) is 15.8. The molecule has 0 radical (unpaired) electrons. The van der Waals surface area contributed by atoms with Crippen LogP contribution in [0.25, 0.3) is 0 Å². The molecule has 1 aliphatic heterocycles. The molecule has 0 N–H and O–H groups in total. The van der Waals surface area contributed by atoms with E-state index in [4.69, 9.17) is 9.47 Å². The van der Waals surface area contributed by atoms with Gasteiger partial charge in [0.25, 0.3) is 0 Å². The zero-order chi connectivity index (χ0) is 31.1. The molecule has 2 aromatic carbocycles. The molecule has 2 aromatic heterocycles. The van der Waals surface area contributed by atoms with Crippen molar-refractivity contribution < 1.29 is 14.3 Å². The van der Waals surface area contributed by atoms with Gasteiger partial charge in [-0.2, -0.15) is 0 Å². The summed E-state index contributed by atoms with van der Waals surface area (Å²) in [7, 11) is 0. The minimum atomic E-state index is -0.769. The molecular weight excluding hydrogens is 550 g/mol. The molecule has 8 heteroatoms. The smallest absolute Gasteiger partial charge is 0.312 e. The number of carbonyl (C=O) groups excluding carboxylic acids is 1. The van der Waals surface area contributed by atoms with Crippen molar-refractivity contribution in [3.05, 3.63) is 107 Å². The third-order valence-electron chi connectivity index (χ3n) is 8.81. The fraction of sp³-hybridized carbons (Fsp3) is 0.444. The predicted octanol–water partition coefficient (Wildman–Crippen LogP) is 6.66. The van der Waals surface area contributed by atoms with E-state index in [-0.39, 0.29) is 24.6 Å². The summed E-state index contributed by atoms with van der Waals surface area (Å²) < 4.78 is 14.1. The Kier molecular flexibility index (Phi) is 10.1. The minimum absolute atomic E-state index is 0.0878. The van der Waals surface area contributed by atoms with Crippen LogP contribution in [-0.4, -0.2) is 43.5 Å². The SMILES string of the molecule is CCC1CN(Cc2cc(C(CCc3cn(CC)nn3)C(C)(C)C(=O)OCc3ccccc3)ccc2C)Cc2ncccc2O1. The number of hydrogen-bond donors (Lipinski definition) is 0. The zero-order valence-electron chi connectivity index (χ0n) is 26.7. The molecular formula is C36H45N5O3. The van der Waals surface area contributed by atoms with Crippen LogP contribution in [0, 0.1) is 12.3 Å². The lowest BCUT2D eigenvalue weighted by Gasteiger charge is -2.33. The van der Waals surface area contributed by atoms with Gasteiger partial charge in [0.05, 0.1) is 16.8 Å². The van der Waals surface area contributed by atoms with Crippen molar-refractivity contribution >= 4 is 5.97 Å². The number of benzene rings is 2. The van der Waals surface area contributed by atoms with Gasteiger partial charge in [-0.1, -0.05) is 60.7 Å². The van der Waals surface area contributed by atoms with Crippen molar-refractivity contribution in [1.29, 1.82) is 0 Å². The molecule has 1 aliphatic rings. The summed E-state index contributed by atoms with van der Waals surface area (Å²) in [6.07, 6.45) is 6.31. The lowest BCUT2D eigenvalue weighted by Crippen LogP contribution is -2.34. The maximum atomic E-state index is 13.7. The third kappa shape index (κ3) is 7.53. The summed E-state index contributed by atoms with van der Waals surface area (Å²) in [6, 6.07) is 20.5. The van der Waals surface area contributed by atoms with Crippen LogP contribution in [0.4, 0.5) is 0 Å². The molecule has 5 rings (SSSR count). The number of nitrogens with zero attached hydrogens (tertiary/aromatic N) is 5. The van der Waals surface area contributed by atoms with E-state index in [0.717, 1.165) is 67.3 Å². The van der Waals surface area contributed by atoms with Gasteiger partial charge >= 0.3 is 5.97 Å². The van der Waals surface area contributed by atoms with Crippen LogP contribution in [-0.2, 0) is 42.2 Å². The normalized spacial score (nSPS) is 16.1. The number of hydrogen-bond acceptors (Lipinski definition) is 7. The molecule has 0 aliphatic carbocycles.